The van der Waals surface area contributed by atoms with E-state index in [9.17, 15) is 13.2 Å². The van der Waals surface area contributed by atoms with Crippen LogP contribution in [0.25, 0.3) is 0 Å². The lowest BCUT2D eigenvalue weighted by molar-refractivity contribution is 0.0216. The summed E-state index contributed by atoms with van der Waals surface area (Å²) in [4.78, 5) is 15.3. The van der Waals surface area contributed by atoms with Crippen LogP contribution < -0.4 is 10.1 Å². The molecule has 9 heteroatoms. The number of nitrogens with zero attached hydrogens (tertiary/aromatic N) is 1. The number of hydrogen-bond acceptors (Lipinski definition) is 6. The molecule has 1 atom stereocenters. The van der Waals surface area contributed by atoms with Crippen molar-refractivity contribution in [2.24, 2.45) is 0 Å². The van der Waals surface area contributed by atoms with Gasteiger partial charge >= 0.3 is 6.09 Å². The molecule has 7 nitrogen and oxygen atoms in total. The van der Waals surface area contributed by atoms with E-state index >= 15 is 0 Å². The Morgan fingerprint density at radius 1 is 1.12 bits per heavy atom. The summed E-state index contributed by atoms with van der Waals surface area (Å²) >= 11 is 5.30. The van der Waals surface area contributed by atoms with Crippen molar-refractivity contribution in [3.05, 3.63) is 53.6 Å². The highest BCUT2D eigenvalue weighted by Gasteiger charge is 2.24. The number of benzene rings is 2. The first-order valence-electron chi connectivity index (χ1n) is 10.2. The number of nitrogens with one attached hydrogen (secondary N) is 1. The molecule has 0 bridgehead atoms. The van der Waals surface area contributed by atoms with E-state index in [4.69, 9.17) is 21.7 Å². The molecule has 32 heavy (non-hydrogen) atoms. The SMILES string of the molecule is CC1Oc2ccc(CN(Cc3ccc(S(C)(=O)=O)cc3)C(=O)OC(C)(C)C)cc2NC1=S. The first kappa shape index (κ1) is 24.0. The van der Waals surface area contributed by atoms with Crippen molar-refractivity contribution < 1.29 is 22.7 Å². The van der Waals surface area contributed by atoms with E-state index in [-0.39, 0.29) is 17.5 Å². The van der Waals surface area contributed by atoms with Gasteiger partial charge in [0.15, 0.2) is 9.84 Å². The van der Waals surface area contributed by atoms with Crippen molar-refractivity contribution in [1.82, 2.24) is 4.90 Å². The lowest BCUT2D eigenvalue weighted by Crippen LogP contribution is -2.36. The van der Waals surface area contributed by atoms with Gasteiger partial charge in [-0.05, 0) is 63.1 Å². The van der Waals surface area contributed by atoms with Gasteiger partial charge in [0, 0.05) is 19.3 Å². The van der Waals surface area contributed by atoms with Crippen LogP contribution in [0.3, 0.4) is 0 Å². The van der Waals surface area contributed by atoms with E-state index in [2.05, 4.69) is 5.32 Å². The summed E-state index contributed by atoms with van der Waals surface area (Å²) in [6.45, 7) is 7.87. The summed E-state index contributed by atoms with van der Waals surface area (Å²) in [7, 11) is -3.29. The summed E-state index contributed by atoms with van der Waals surface area (Å²) in [5.41, 5.74) is 1.77. The minimum absolute atomic E-state index is 0.198. The van der Waals surface area contributed by atoms with E-state index in [1.807, 2.05) is 45.9 Å². The van der Waals surface area contributed by atoms with E-state index in [0.717, 1.165) is 23.1 Å². The fraction of sp³-hybridized carbons (Fsp3) is 0.391. The number of ether oxygens (including phenoxy) is 2. The third-order valence-corrected chi connectivity index (χ3v) is 6.29. The highest BCUT2D eigenvalue weighted by molar-refractivity contribution is 7.90. The van der Waals surface area contributed by atoms with E-state index < -0.39 is 21.5 Å². The number of sulfone groups is 1. The molecular weight excluding hydrogens is 448 g/mol. The second kappa shape index (κ2) is 9.07. The Balaban J connectivity index is 1.84. The summed E-state index contributed by atoms with van der Waals surface area (Å²) < 4.78 is 34.8. The number of carbonyl (C=O) groups excluding carboxylic acids is 1. The summed E-state index contributed by atoms with van der Waals surface area (Å²) in [5, 5.41) is 3.18. The first-order chi connectivity index (χ1) is 14.8. The maximum absolute atomic E-state index is 12.9. The zero-order chi connectivity index (χ0) is 23.7. The van der Waals surface area contributed by atoms with Crippen LogP contribution in [0.5, 0.6) is 5.75 Å². The van der Waals surface area contributed by atoms with Crippen molar-refractivity contribution in [2.45, 2.75) is 57.4 Å². The number of hydrogen-bond donors (Lipinski definition) is 1. The van der Waals surface area contributed by atoms with Crippen LogP contribution in [0.2, 0.25) is 0 Å². The predicted molar refractivity (Wildman–Crippen MR) is 128 cm³/mol. The smallest absolute Gasteiger partial charge is 0.410 e. The molecule has 0 saturated carbocycles. The van der Waals surface area contributed by atoms with Gasteiger partial charge in [-0.2, -0.15) is 0 Å². The fourth-order valence-corrected chi connectivity index (χ4v) is 3.94. The molecule has 1 unspecified atom stereocenters. The average molecular weight is 477 g/mol. The van der Waals surface area contributed by atoms with Gasteiger partial charge in [-0.15, -0.1) is 0 Å². The van der Waals surface area contributed by atoms with Gasteiger partial charge in [0.25, 0.3) is 0 Å². The molecule has 0 saturated heterocycles. The number of rotatable bonds is 5. The number of fused-ring (bicyclic) bond motifs is 1. The lowest BCUT2D eigenvalue weighted by Gasteiger charge is -2.29. The first-order valence-corrected chi connectivity index (χ1v) is 12.5. The molecule has 0 spiro atoms. The monoisotopic (exact) mass is 476 g/mol. The topological polar surface area (TPSA) is 84.9 Å². The predicted octanol–water partition coefficient (Wildman–Crippen LogP) is 4.55. The molecule has 1 N–H and O–H groups in total. The van der Waals surface area contributed by atoms with Gasteiger partial charge in [0.2, 0.25) is 0 Å². The average Bonchev–Trinajstić information content (AvgIpc) is 2.67. The number of carbonyl (C=O) groups is 1. The van der Waals surface area contributed by atoms with E-state index in [1.165, 1.54) is 0 Å². The molecule has 1 aliphatic heterocycles. The Hall–Kier alpha value is -2.65. The van der Waals surface area contributed by atoms with Crippen LogP contribution in [0.4, 0.5) is 10.5 Å². The molecule has 0 fully saturated rings. The van der Waals surface area contributed by atoms with Gasteiger partial charge in [0.05, 0.1) is 10.6 Å². The summed E-state index contributed by atoms with van der Waals surface area (Å²) in [6, 6.07) is 12.1. The molecule has 1 aliphatic rings. The zero-order valence-electron chi connectivity index (χ0n) is 18.8. The third kappa shape index (κ3) is 6.20. The summed E-state index contributed by atoms with van der Waals surface area (Å²) in [5.74, 6) is 0.704. The summed E-state index contributed by atoms with van der Waals surface area (Å²) in [6.07, 6.45) is 0.502. The van der Waals surface area contributed by atoms with Gasteiger partial charge < -0.3 is 14.8 Å². The molecule has 3 rings (SSSR count). The molecule has 1 amide bonds. The molecule has 0 aliphatic carbocycles. The van der Waals surface area contributed by atoms with Crippen LogP contribution >= 0.6 is 12.2 Å². The quantitative estimate of drug-likeness (QED) is 0.634. The van der Waals surface area contributed by atoms with Crippen LogP contribution in [0.15, 0.2) is 47.4 Å². The fourth-order valence-electron chi connectivity index (χ4n) is 3.15. The zero-order valence-corrected chi connectivity index (χ0v) is 20.5. The van der Waals surface area contributed by atoms with E-state index in [1.54, 1.807) is 29.2 Å². The maximum Gasteiger partial charge on any atom is 0.410 e. The Morgan fingerprint density at radius 3 is 2.31 bits per heavy atom. The molecule has 1 heterocycles. The maximum atomic E-state index is 12.9. The standard InChI is InChI=1S/C23H28N2O5S2/c1-15-21(31)24-19-12-17(8-11-20(19)29-15)14-25(22(26)30-23(2,3)4)13-16-6-9-18(10-7-16)32(5,27)28/h6-12,15H,13-14H2,1-5H3,(H,24,31). The second-order valence-electron chi connectivity index (χ2n) is 8.83. The van der Waals surface area contributed by atoms with Crippen molar-refractivity contribution in [3.8, 4) is 5.75 Å². The van der Waals surface area contributed by atoms with Crippen LogP contribution in [0.1, 0.15) is 38.8 Å². The molecule has 0 aromatic heterocycles. The minimum Gasteiger partial charge on any atom is -0.481 e. The highest BCUT2D eigenvalue weighted by atomic mass is 32.2. The Bertz CT molecular complexity index is 1120. The van der Waals surface area contributed by atoms with Crippen LogP contribution in [0, 0.1) is 0 Å². The number of amides is 1. The Morgan fingerprint density at radius 2 is 1.72 bits per heavy atom. The molecule has 2 aromatic rings. The van der Waals surface area contributed by atoms with Crippen LogP contribution in [-0.2, 0) is 27.7 Å². The Labute approximate surface area is 194 Å². The van der Waals surface area contributed by atoms with E-state index in [0.29, 0.717) is 17.3 Å². The molecule has 2 aromatic carbocycles. The van der Waals surface area contributed by atoms with Gasteiger partial charge in [-0.25, -0.2) is 13.2 Å². The van der Waals surface area contributed by atoms with Crippen molar-refractivity contribution in [2.75, 3.05) is 11.6 Å². The van der Waals surface area contributed by atoms with Gasteiger partial charge in [-0.1, -0.05) is 30.4 Å². The Kier molecular flexibility index (Phi) is 6.80. The normalized spacial score (nSPS) is 15.9. The number of anilines is 1. The van der Waals surface area contributed by atoms with Crippen molar-refractivity contribution >= 4 is 38.8 Å². The van der Waals surface area contributed by atoms with Crippen molar-refractivity contribution in [3.63, 3.8) is 0 Å². The molecule has 0 radical (unpaired) electrons. The highest BCUT2D eigenvalue weighted by Crippen LogP contribution is 2.31. The number of thiocarbonyl (C=S) groups is 1. The molecule has 172 valence electrons. The van der Waals surface area contributed by atoms with Crippen LogP contribution in [-0.4, -0.2) is 42.4 Å². The largest absolute Gasteiger partial charge is 0.481 e. The second-order valence-corrected chi connectivity index (χ2v) is 11.3. The van der Waals surface area contributed by atoms with Gasteiger partial charge in [-0.3, -0.25) is 4.90 Å². The van der Waals surface area contributed by atoms with Crippen molar-refractivity contribution in [1.29, 1.82) is 0 Å². The lowest BCUT2D eigenvalue weighted by atomic mass is 10.1. The minimum atomic E-state index is -3.29. The van der Waals surface area contributed by atoms with Gasteiger partial charge in [0.1, 0.15) is 22.4 Å². The molecular formula is C23H28N2O5S2. The third-order valence-electron chi connectivity index (χ3n) is 4.72.